The van der Waals surface area contributed by atoms with Gasteiger partial charge in [-0.1, -0.05) is 0 Å². The maximum Gasteiger partial charge on any atom is 0.338 e. The lowest BCUT2D eigenvalue weighted by molar-refractivity contribution is 0.0555. The lowest BCUT2D eigenvalue weighted by Gasteiger charge is -2.05. The van der Waals surface area contributed by atoms with Crippen molar-refractivity contribution in [2.24, 2.45) is 0 Å². The van der Waals surface area contributed by atoms with Gasteiger partial charge in [-0.25, -0.2) is 14.6 Å². The van der Waals surface area contributed by atoms with E-state index in [1.807, 2.05) is 0 Å². The van der Waals surface area contributed by atoms with Crippen molar-refractivity contribution in [1.29, 1.82) is 0 Å². The van der Waals surface area contributed by atoms with E-state index < -0.39 is 11.9 Å². The third kappa shape index (κ3) is 1.92. The molecule has 0 atom stereocenters. The van der Waals surface area contributed by atoms with Crippen LogP contribution in [0.5, 0.6) is 0 Å². The molecule has 6 nitrogen and oxygen atoms in total. The number of rotatable bonds is 2. The minimum atomic E-state index is -0.633. The molecule has 18 heavy (non-hydrogen) atoms. The van der Waals surface area contributed by atoms with Crippen LogP contribution in [-0.2, 0) is 9.47 Å². The molecule has 0 saturated carbocycles. The van der Waals surface area contributed by atoms with E-state index in [-0.39, 0.29) is 11.1 Å². The smallest absolute Gasteiger partial charge is 0.338 e. The minimum Gasteiger partial charge on any atom is -0.465 e. The molecule has 0 N–H and O–H groups in total. The molecule has 0 spiro atoms. The summed E-state index contributed by atoms with van der Waals surface area (Å²) in [5, 5.41) is 0. The second-order valence-electron chi connectivity index (χ2n) is 3.58. The van der Waals surface area contributed by atoms with Gasteiger partial charge in [0.1, 0.15) is 5.52 Å². The Morgan fingerprint density at radius 2 is 1.67 bits per heavy atom. The zero-order valence-electron chi connectivity index (χ0n) is 10.1. The van der Waals surface area contributed by atoms with Gasteiger partial charge in [0.2, 0.25) is 0 Å². The van der Waals surface area contributed by atoms with Gasteiger partial charge in [-0.3, -0.25) is 0 Å². The number of aromatic nitrogens is 1. The summed E-state index contributed by atoms with van der Waals surface area (Å²) in [4.78, 5) is 27.3. The molecule has 0 saturated heterocycles. The number of methoxy groups -OCH3 is 2. The lowest BCUT2D eigenvalue weighted by atomic mass is 10.1. The number of esters is 2. The molecule has 0 unspecified atom stereocenters. The monoisotopic (exact) mass is 249 g/mol. The first-order chi connectivity index (χ1) is 8.56. The number of aryl methyl sites for hydroxylation is 1. The second-order valence-corrected chi connectivity index (χ2v) is 3.58. The van der Waals surface area contributed by atoms with Gasteiger partial charge < -0.3 is 13.9 Å². The Balaban J connectivity index is 2.70. The highest BCUT2D eigenvalue weighted by Crippen LogP contribution is 2.22. The Morgan fingerprint density at radius 1 is 1.11 bits per heavy atom. The normalized spacial score (nSPS) is 10.4. The molecule has 0 bridgehead atoms. The highest BCUT2D eigenvalue weighted by molar-refractivity contribution is 6.06. The van der Waals surface area contributed by atoms with E-state index in [1.165, 1.54) is 26.4 Å². The van der Waals surface area contributed by atoms with E-state index in [0.717, 1.165) is 0 Å². The predicted octanol–water partition coefficient (Wildman–Crippen LogP) is 1.71. The van der Waals surface area contributed by atoms with Crippen LogP contribution in [0.15, 0.2) is 16.5 Å². The number of ether oxygens (including phenoxy) is 2. The van der Waals surface area contributed by atoms with Crippen LogP contribution < -0.4 is 0 Å². The van der Waals surface area contributed by atoms with Crippen molar-refractivity contribution in [1.82, 2.24) is 4.98 Å². The zero-order chi connectivity index (χ0) is 13.3. The fourth-order valence-corrected chi connectivity index (χ4v) is 1.65. The molecule has 2 rings (SSSR count). The molecule has 0 aliphatic carbocycles. The summed E-state index contributed by atoms with van der Waals surface area (Å²) in [5.41, 5.74) is 1.10. The molecule has 1 heterocycles. The first-order valence-corrected chi connectivity index (χ1v) is 5.14. The van der Waals surface area contributed by atoms with E-state index in [9.17, 15) is 9.59 Å². The van der Waals surface area contributed by atoms with Crippen LogP contribution in [0, 0.1) is 6.92 Å². The largest absolute Gasteiger partial charge is 0.465 e. The van der Waals surface area contributed by atoms with Gasteiger partial charge in [-0.05, 0) is 12.1 Å². The van der Waals surface area contributed by atoms with Gasteiger partial charge in [0.25, 0.3) is 0 Å². The Morgan fingerprint density at radius 3 is 2.22 bits per heavy atom. The quantitative estimate of drug-likeness (QED) is 0.754. The summed E-state index contributed by atoms with van der Waals surface area (Å²) >= 11 is 0. The Bertz CT molecular complexity index is 576. The van der Waals surface area contributed by atoms with Crippen LogP contribution in [-0.4, -0.2) is 31.1 Å². The van der Waals surface area contributed by atoms with Crippen LogP contribution in [0.25, 0.3) is 11.1 Å². The van der Waals surface area contributed by atoms with E-state index in [0.29, 0.717) is 17.0 Å². The van der Waals surface area contributed by atoms with E-state index in [4.69, 9.17) is 4.42 Å². The van der Waals surface area contributed by atoms with Crippen LogP contribution in [0.1, 0.15) is 26.6 Å². The summed E-state index contributed by atoms with van der Waals surface area (Å²) in [6.45, 7) is 1.68. The Hall–Kier alpha value is -2.37. The zero-order valence-corrected chi connectivity index (χ0v) is 10.1. The number of oxazole rings is 1. The molecule has 0 radical (unpaired) electrons. The number of carbonyl (C=O) groups is 2. The first-order valence-electron chi connectivity index (χ1n) is 5.14. The van der Waals surface area contributed by atoms with Crippen LogP contribution in [0.4, 0.5) is 0 Å². The fourth-order valence-electron chi connectivity index (χ4n) is 1.65. The van der Waals surface area contributed by atoms with Crippen molar-refractivity contribution < 1.29 is 23.5 Å². The van der Waals surface area contributed by atoms with Gasteiger partial charge in [0.05, 0.1) is 25.3 Å². The molecule has 6 heteroatoms. The Labute approximate surface area is 103 Å². The molecule has 0 amide bonds. The van der Waals surface area contributed by atoms with Crippen molar-refractivity contribution in [2.45, 2.75) is 6.92 Å². The molecule has 0 fully saturated rings. The fraction of sp³-hybridized carbons (Fsp3) is 0.250. The van der Waals surface area contributed by atoms with Gasteiger partial charge in [-0.15, -0.1) is 0 Å². The average Bonchev–Trinajstić information content (AvgIpc) is 2.74. The first kappa shape index (κ1) is 12.1. The summed E-state index contributed by atoms with van der Waals surface area (Å²) < 4.78 is 14.5. The summed E-state index contributed by atoms with van der Waals surface area (Å²) in [7, 11) is 2.47. The topological polar surface area (TPSA) is 78.6 Å². The van der Waals surface area contributed by atoms with E-state index in [2.05, 4.69) is 14.5 Å². The minimum absolute atomic E-state index is 0.0907. The third-order valence-electron chi connectivity index (χ3n) is 2.45. The van der Waals surface area contributed by atoms with Crippen LogP contribution in [0.2, 0.25) is 0 Å². The van der Waals surface area contributed by atoms with Crippen LogP contribution >= 0.6 is 0 Å². The summed E-state index contributed by atoms with van der Waals surface area (Å²) in [5.74, 6) is -0.813. The number of nitrogens with zero attached hydrogens (tertiary/aromatic N) is 1. The highest BCUT2D eigenvalue weighted by atomic mass is 16.5. The van der Waals surface area contributed by atoms with E-state index in [1.54, 1.807) is 6.92 Å². The molecule has 94 valence electrons. The standard InChI is InChI=1S/C12H11NO5/c1-6-13-9-4-7(11(14)16-2)8(12(15)17-3)5-10(9)18-6/h4-5H,1-3H3. The molecule has 0 aliphatic heterocycles. The second kappa shape index (κ2) is 4.48. The Kier molecular flexibility index (Phi) is 3.01. The lowest BCUT2D eigenvalue weighted by Crippen LogP contribution is -2.11. The van der Waals surface area contributed by atoms with Gasteiger partial charge >= 0.3 is 11.9 Å². The van der Waals surface area contributed by atoms with Gasteiger partial charge in [0, 0.05) is 6.92 Å². The van der Waals surface area contributed by atoms with Crippen molar-refractivity contribution in [3.05, 3.63) is 29.2 Å². The van der Waals surface area contributed by atoms with Crippen LogP contribution in [0.3, 0.4) is 0 Å². The highest BCUT2D eigenvalue weighted by Gasteiger charge is 2.21. The molecular weight excluding hydrogens is 238 g/mol. The maximum absolute atomic E-state index is 11.6. The van der Waals surface area contributed by atoms with Crippen molar-refractivity contribution >= 4 is 23.0 Å². The van der Waals surface area contributed by atoms with Crippen molar-refractivity contribution in [3.8, 4) is 0 Å². The molecule has 1 aromatic carbocycles. The number of hydrogen-bond donors (Lipinski definition) is 0. The van der Waals surface area contributed by atoms with Crippen molar-refractivity contribution in [2.75, 3.05) is 14.2 Å². The molecular formula is C12H11NO5. The maximum atomic E-state index is 11.6. The predicted molar refractivity (Wildman–Crippen MR) is 61.4 cm³/mol. The number of benzene rings is 1. The van der Waals surface area contributed by atoms with Gasteiger partial charge in [0.15, 0.2) is 11.5 Å². The SMILES string of the molecule is COC(=O)c1cc2nc(C)oc2cc1C(=O)OC. The third-order valence-corrected chi connectivity index (χ3v) is 2.45. The van der Waals surface area contributed by atoms with Crippen molar-refractivity contribution in [3.63, 3.8) is 0 Å². The van der Waals surface area contributed by atoms with Gasteiger partial charge in [-0.2, -0.15) is 0 Å². The summed E-state index contributed by atoms with van der Waals surface area (Å²) in [6, 6.07) is 2.87. The number of fused-ring (bicyclic) bond motifs is 1. The molecule has 0 aliphatic rings. The molecule has 1 aromatic heterocycles. The average molecular weight is 249 g/mol. The van der Waals surface area contributed by atoms with E-state index >= 15 is 0 Å². The number of carbonyl (C=O) groups excluding carboxylic acids is 2. The summed E-state index contributed by atoms with van der Waals surface area (Å²) in [6.07, 6.45) is 0. The molecule has 2 aromatic rings. The number of hydrogen-bond acceptors (Lipinski definition) is 6.